The maximum absolute atomic E-state index is 11.2. The van der Waals surface area contributed by atoms with E-state index in [0.717, 1.165) is 19.6 Å². The zero-order valence-corrected chi connectivity index (χ0v) is 10.5. The van der Waals surface area contributed by atoms with Crippen LogP contribution in [0.3, 0.4) is 0 Å². The second-order valence-corrected chi connectivity index (χ2v) is 4.55. The number of rotatable bonds is 6. The molecule has 1 aliphatic rings. The molecule has 0 aromatic carbocycles. The van der Waals surface area contributed by atoms with E-state index in [1.807, 2.05) is 0 Å². The quantitative estimate of drug-likeness (QED) is 0.697. The summed E-state index contributed by atoms with van der Waals surface area (Å²) >= 11 is 0. The lowest BCUT2D eigenvalue weighted by Gasteiger charge is -2.31. The van der Waals surface area contributed by atoms with E-state index in [1.165, 1.54) is 19.3 Å². The molecular weight excluding hydrogens is 202 g/mol. The van der Waals surface area contributed by atoms with Gasteiger partial charge in [0.2, 0.25) is 5.91 Å². The van der Waals surface area contributed by atoms with Gasteiger partial charge in [-0.25, -0.2) is 0 Å². The van der Waals surface area contributed by atoms with Crippen molar-refractivity contribution in [3.8, 4) is 0 Å². The topological polar surface area (TPSA) is 58.4 Å². The van der Waals surface area contributed by atoms with Gasteiger partial charge < -0.3 is 11.1 Å². The van der Waals surface area contributed by atoms with Crippen molar-refractivity contribution in [3.63, 3.8) is 0 Å². The van der Waals surface area contributed by atoms with Crippen molar-refractivity contribution in [2.45, 2.75) is 38.6 Å². The number of nitrogens with one attached hydrogen (secondary N) is 1. The van der Waals surface area contributed by atoms with E-state index < -0.39 is 0 Å². The number of carbonyl (C=O) groups is 1. The lowest BCUT2D eigenvalue weighted by atomic mass is 10.0. The van der Waals surface area contributed by atoms with E-state index in [-0.39, 0.29) is 5.91 Å². The van der Waals surface area contributed by atoms with Crippen LogP contribution in [-0.2, 0) is 4.79 Å². The normalized spacial score (nSPS) is 25.0. The molecular formula is C12H25N3O. The van der Waals surface area contributed by atoms with Crippen LogP contribution in [-0.4, -0.2) is 43.5 Å². The minimum Gasteiger partial charge on any atom is -0.359 e. The average Bonchev–Trinajstić information content (AvgIpc) is 2.77. The van der Waals surface area contributed by atoms with Gasteiger partial charge >= 0.3 is 0 Å². The summed E-state index contributed by atoms with van der Waals surface area (Å²) in [5.74, 6) is 0.755. The van der Waals surface area contributed by atoms with Crippen LogP contribution in [0.4, 0.5) is 0 Å². The predicted molar refractivity (Wildman–Crippen MR) is 66.1 cm³/mol. The Hall–Kier alpha value is -0.610. The van der Waals surface area contributed by atoms with Crippen molar-refractivity contribution in [2.24, 2.45) is 11.7 Å². The fourth-order valence-corrected chi connectivity index (χ4v) is 2.70. The monoisotopic (exact) mass is 227 g/mol. The predicted octanol–water partition coefficient (Wildman–Crippen LogP) is 0.572. The van der Waals surface area contributed by atoms with Gasteiger partial charge in [0.25, 0.3) is 0 Å². The van der Waals surface area contributed by atoms with Gasteiger partial charge in [0.1, 0.15) is 0 Å². The SMILES string of the molecule is CCN(CCC(=O)NC)C1CCCC1CN. The third kappa shape index (κ3) is 3.46. The Morgan fingerprint density at radius 3 is 2.81 bits per heavy atom. The van der Waals surface area contributed by atoms with E-state index in [4.69, 9.17) is 5.73 Å². The minimum absolute atomic E-state index is 0.126. The summed E-state index contributed by atoms with van der Waals surface area (Å²) in [4.78, 5) is 13.7. The molecule has 1 aliphatic carbocycles. The Morgan fingerprint density at radius 1 is 1.50 bits per heavy atom. The third-order valence-electron chi connectivity index (χ3n) is 3.70. The van der Waals surface area contributed by atoms with Crippen LogP contribution in [0.15, 0.2) is 0 Å². The molecule has 0 aromatic rings. The molecule has 0 aromatic heterocycles. The molecule has 0 spiro atoms. The summed E-state index contributed by atoms with van der Waals surface area (Å²) in [7, 11) is 1.69. The van der Waals surface area contributed by atoms with Crippen molar-refractivity contribution >= 4 is 5.91 Å². The van der Waals surface area contributed by atoms with Crippen molar-refractivity contribution in [1.82, 2.24) is 10.2 Å². The van der Waals surface area contributed by atoms with Crippen LogP contribution in [0.2, 0.25) is 0 Å². The molecule has 94 valence electrons. The van der Waals surface area contributed by atoms with E-state index in [2.05, 4.69) is 17.1 Å². The van der Waals surface area contributed by atoms with Crippen LogP contribution >= 0.6 is 0 Å². The van der Waals surface area contributed by atoms with Crippen LogP contribution in [0, 0.1) is 5.92 Å². The molecule has 2 atom stereocenters. The van der Waals surface area contributed by atoms with Gasteiger partial charge in [0.15, 0.2) is 0 Å². The summed E-state index contributed by atoms with van der Waals surface area (Å²) < 4.78 is 0. The first-order valence-corrected chi connectivity index (χ1v) is 6.37. The van der Waals surface area contributed by atoms with E-state index in [0.29, 0.717) is 18.4 Å². The number of hydrogen-bond donors (Lipinski definition) is 2. The summed E-state index contributed by atoms with van der Waals surface area (Å²) in [5, 5.41) is 2.67. The highest BCUT2D eigenvalue weighted by Crippen LogP contribution is 2.29. The van der Waals surface area contributed by atoms with E-state index in [1.54, 1.807) is 7.05 Å². The summed E-state index contributed by atoms with van der Waals surface area (Å²) in [6.07, 6.45) is 4.36. The zero-order valence-electron chi connectivity index (χ0n) is 10.5. The Balaban J connectivity index is 2.43. The number of nitrogens with two attached hydrogens (primary N) is 1. The largest absolute Gasteiger partial charge is 0.359 e. The molecule has 0 saturated heterocycles. The Labute approximate surface area is 98.6 Å². The third-order valence-corrected chi connectivity index (χ3v) is 3.70. The molecule has 3 N–H and O–H groups in total. The van der Waals surface area contributed by atoms with Gasteiger partial charge in [-0.1, -0.05) is 13.3 Å². The van der Waals surface area contributed by atoms with Gasteiger partial charge in [-0.05, 0) is 31.8 Å². The smallest absolute Gasteiger partial charge is 0.221 e. The zero-order chi connectivity index (χ0) is 12.0. The molecule has 0 bridgehead atoms. The maximum Gasteiger partial charge on any atom is 0.221 e. The van der Waals surface area contributed by atoms with Crippen molar-refractivity contribution in [1.29, 1.82) is 0 Å². The molecule has 1 saturated carbocycles. The number of amides is 1. The van der Waals surface area contributed by atoms with Gasteiger partial charge in [-0.2, -0.15) is 0 Å². The molecule has 1 fully saturated rings. The maximum atomic E-state index is 11.2. The van der Waals surface area contributed by atoms with Crippen molar-refractivity contribution in [2.75, 3.05) is 26.7 Å². The van der Waals surface area contributed by atoms with Crippen LogP contribution < -0.4 is 11.1 Å². The van der Waals surface area contributed by atoms with E-state index >= 15 is 0 Å². The first kappa shape index (κ1) is 13.5. The van der Waals surface area contributed by atoms with Gasteiger partial charge in [-0.15, -0.1) is 0 Å². The molecule has 4 heteroatoms. The lowest BCUT2D eigenvalue weighted by Crippen LogP contribution is -2.41. The van der Waals surface area contributed by atoms with Gasteiger partial charge in [-0.3, -0.25) is 9.69 Å². The molecule has 1 amide bonds. The summed E-state index contributed by atoms with van der Waals surface area (Å²) in [6.45, 7) is 4.81. The first-order valence-electron chi connectivity index (χ1n) is 6.37. The van der Waals surface area contributed by atoms with Crippen LogP contribution in [0.5, 0.6) is 0 Å². The Morgan fingerprint density at radius 2 is 2.25 bits per heavy atom. The Kier molecular flexibility index (Phi) is 5.77. The van der Waals surface area contributed by atoms with Crippen molar-refractivity contribution in [3.05, 3.63) is 0 Å². The molecule has 1 rings (SSSR count). The Bertz CT molecular complexity index is 220. The van der Waals surface area contributed by atoms with E-state index in [9.17, 15) is 4.79 Å². The highest BCUT2D eigenvalue weighted by molar-refractivity contribution is 5.75. The van der Waals surface area contributed by atoms with Crippen LogP contribution in [0.1, 0.15) is 32.6 Å². The molecule has 4 nitrogen and oxygen atoms in total. The highest BCUT2D eigenvalue weighted by Gasteiger charge is 2.30. The average molecular weight is 227 g/mol. The molecule has 0 heterocycles. The summed E-state index contributed by atoms with van der Waals surface area (Å²) in [6, 6.07) is 0.597. The fourth-order valence-electron chi connectivity index (χ4n) is 2.70. The first-order chi connectivity index (χ1) is 7.72. The second-order valence-electron chi connectivity index (χ2n) is 4.55. The summed E-state index contributed by atoms with van der Waals surface area (Å²) in [5.41, 5.74) is 5.79. The number of carbonyl (C=O) groups excluding carboxylic acids is 1. The van der Waals surface area contributed by atoms with Crippen molar-refractivity contribution < 1.29 is 4.79 Å². The lowest BCUT2D eigenvalue weighted by molar-refractivity contribution is -0.121. The van der Waals surface area contributed by atoms with Crippen LogP contribution in [0.25, 0.3) is 0 Å². The molecule has 16 heavy (non-hydrogen) atoms. The standard InChI is InChI=1S/C12H25N3O/c1-3-15(8-7-12(16)14-2)11-6-4-5-10(11)9-13/h10-11H,3-9,13H2,1-2H3,(H,14,16). The number of hydrogen-bond acceptors (Lipinski definition) is 3. The minimum atomic E-state index is 0.126. The van der Waals surface area contributed by atoms with Gasteiger partial charge in [0, 0.05) is 26.1 Å². The highest BCUT2D eigenvalue weighted by atomic mass is 16.1. The number of nitrogens with zero attached hydrogens (tertiary/aromatic N) is 1. The fraction of sp³-hybridized carbons (Fsp3) is 0.917. The van der Waals surface area contributed by atoms with Gasteiger partial charge in [0.05, 0.1) is 0 Å². The second kappa shape index (κ2) is 6.86. The molecule has 0 aliphatic heterocycles. The molecule has 2 unspecified atom stereocenters. The molecule has 0 radical (unpaired) electrons.